The zero-order valence-electron chi connectivity index (χ0n) is 18.5. The number of aromatic amines is 1. The third kappa shape index (κ3) is 4.28. The Morgan fingerprint density at radius 1 is 1.30 bits per heavy atom. The molecule has 33 heavy (non-hydrogen) atoms. The predicted octanol–water partition coefficient (Wildman–Crippen LogP) is 3.78. The number of anilines is 4. The third-order valence-corrected chi connectivity index (χ3v) is 5.88. The quantitative estimate of drug-likeness (QED) is 0.492. The van der Waals surface area contributed by atoms with Gasteiger partial charge in [-0.15, -0.1) is 0 Å². The number of pyridine rings is 1. The molecule has 1 saturated heterocycles. The van der Waals surface area contributed by atoms with Gasteiger partial charge in [-0.05, 0) is 30.9 Å². The molecule has 170 valence electrons. The number of carbonyl (C=O) groups is 1. The van der Waals surface area contributed by atoms with Crippen molar-refractivity contribution in [3.63, 3.8) is 0 Å². The molecule has 0 saturated carbocycles. The van der Waals surface area contributed by atoms with E-state index in [1.54, 1.807) is 0 Å². The molecule has 2 aliphatic rings. The number of fused-ring (bicyclic) bond motifs is 1. The maximum Gasteiger partial charge on any atom is 0.247 e. The van der Waals surface area contributed by atoms with Crippen LogP contribution in [0.15, 0.2) is 30.5 Å². The largest absolute Gasteiger partial charge is 0.329 e. The Kier molecular flexibility index (Phi) is 5.49. The number of allylic oxidation sites excluding steroid dienone is 1. The molecule has 1 unspecified atom stereocenters. The summed E-state index contributed by atoms with van der Waals surface area (Å²) in [6, 6.07) is 4.26. The second-order valence-corrected chi connectivity index (χ2v) is 8.54. The topological polar surface area (TPSA) is 112 Å². The Balaban J connectivity index is 1.40. The lowest BCUT2D eigenvalue weighted by Gasteiger charge is -2.25. The van der Waals surface area contributed by atoms with Crippen LogP contribution in [-0.4, -0.2) is 43.6 Å². The van der Waals surface area contributed by atoms with E-state index in [0.29, 0.717) is 48.6 Å². The lowest BCUT2D eigenvalue weighted by atomic mass is 10.1. The number of rotatable bonds is 6. The number of halogens is 1. The number of aromatic nitrogens is 5. The van der Waals surface area contributed by atoms with Gasteiger partial charge in [-0.3, -0.25) is 9.89 Å². The number of amides is 1. The van der Waals surface area contributed by atoms with Crippen molar-refractivity contribution in [3.05, 3.63) is 53.4 Å². The van der Waals surface area contributed by atoms with Gasteiger partial charge in [-0.25, -0.2) is 9.97 Å². The molecule has 1 aliphatic carbocycles. The summed E-state index contributed by atoms with van der Waals surface area (Å²) in [5.74, 6) is 1.42. The van der Waals surface area contributed by atoms with Crippen LogP contribution in [0.3, 0.4) is 0 Å². The smallest absolute Gasteiger partial charge is 0.247 e. The highest BCUT2D eigenvalue weighted by Gasteiger charge is 2.33. The van der Waals surface area contributed by atoms with Crippen molar-refractivity contribution in [2.75, 3.05) is 22.1 Å². The summed E-state index contributed by atoms with van der Waals surface area (Å²) in [6.07, 6.45) is 7.60. The molecule has 10 heteroatoms. The van der Waals surface area contributed by atoms with Gasteiger partial charge in [0.15, 0.2) is 5.82 Å². The Hall–Kier alpha value is -3.82. The molecule has 0 aromatic carbocycles. The second kappa shape index (κ2) is 8.61. The maximum absolute atomic E-state index is 13.1. The van der Waals surface area contributed by atoms with Crippen LogP contribution in [0.25, 0.3) is 6.08 Å². The first-order chi connectivity index (χ1) is 16.0. The Bertz CT molecular complexity index is 1200. The van der Waals surface area contributed by atoms with E-state index in [2.05, 4.69) is 39.7 Å². The molecule has 3 aromatic rings. The van der Waals surface area contributed by atoms with Crippen molar-refractivity contribution >= 4 is 35.3 Å². The highest BCUT2D eigenvalue weighted by atomic mass is 19.1. The summed E-state index contributed by atoms with van der Waals surface area (Å²) in [4.78, 5) is 28.1. The van der Waals surface area contributed by atoms with E-state index in [9.17, 15) is 9.18 Å². The number of H-pyrrole nitrogens is 1. The summed E-state index contributed by atoms with van der Waals surface area (Å²) in [7, 11) is 0. The molecule has 0 bridgehead atoms. The van der Waals surface area contributed by atoms with Crippen LogP contribution in [0.2, 0.25) is 0 Å². The Labute approximate surface area is 190 Å². The zero-order valence-corrected chi connectivity index (χ0v) is 18.5. The molecule has 0 radical (unpaired) electrons. The molecule has 1 amide bonds. The highest BCUT2D eigenvalue weighted by Crippen LogP contribution is 2.32. The van der Waals surface area contributed by atoms with Crippen molar-refractivity contribution in [2.45, 2.75) is 45.1 Å². The van der Waals surface area contributed by atoms with Gasteiger partial charge < -0.3 is 15.5 Å². The molecule has 1 fully saturated rings. The van der Waals surface area contributed by atoms with Gasteiger partial charge in [-0.2, -0.15) is 14.5 Å². The van der Waals surface area contributed by atoms with Gasteiger partial charge in [-0.1, -0.05) is 26.0 Å². The lowest BCUT2D eigenvalue weighted by Crippen LogP contribution is -2.40. The summed E-state index contributed by atoms with van der Waals surface area (Å²) in [5, 5.41) is 13.5. The van der Waals surface area contributed by atoms with Crippen LogP contribution in [0.5, 0.6) is 0 Å². The van der Waals surface area contributed by atoms with Gasteiger partial charge in [0.05, 0.1) is 17.6 Å². The highest BCUT2D eigenvalue weighted by molar-refractivity contribution is 5.97. The summed E-state index contributed by atoms with van der Waals surface area (Å²) < 4.78 is 13.1. The summed E-state index contributed by atoms with van der Waals surface area (Å²) in [5.41, 5.74) is 3.33. The van der Waals surface area contributed by atoms with Crippen molar-refractivity contribution in [2.24, 2.45) is 0 Å². The van der Waals surface area contributed by atoms with Crippen LogP contribution in [0.4, 0.5) is 27.7 Å². The summed E-state index contributed by atoms with van der Waals surface area (Å²) >= 11 is 0. The molecule has 1 aliphatic heterocycles. The molecule has 5 rings (SSSR count). The molecule has 0 spiro atoms. The van der Waals surface area contributed by atoms with Gasteiger partial charge in [0.25, 0.3) is 0 Å². The van der Waals surface area contributed by atoms with Crippen molar-refractivity contribution in [1.82, 2.24) is 25.1 Å². The van der Waals surface area contributed by atoms with Crippen LogP contribution < -0.4 is 15.5 Å². The number of hydrogen-bond donors (Lipinski definition) is 3. The molecule has 3 aromatic heterocycles. The van der Waals surface area contributed by atoms with E-state index in [1.165, 1.54) is 18.3 Å². The van der Waals surface area contributed by atoms with Crippen molar-refractivity contribution < 1.29 is 9.18 Å². The van der Waals surface area contributed by atoms with Crippen LogP contribution >= 0.6 is 0 Å². The fourth-order valence-electron chi connectivity index (χ4n) is 4.12. The summed E-state index contributed by atoms with van der Waals surface area (Å²) in [6.45, 7) is 4.87. The standard InChI is InChI=1S/C23H25FN8O/c1-13(2)17-11-20(31-30-17)28-21-15-5-3-6-16(15)27-23(29-21)32-10-4-7-18(32)22(33)26-14-8-9-19(24)25-12-14/h3,5,8-9,11-13,18H,4,6-7,10H2,1-2H3,(H,26,33)(H2,27,28,29,30,31). The van der Waals surface area contributed by atoms with E-state index >= 15 is 0 Å². The second-order valence-electron chi connectivity index (χ2n) is 8.54. The minimum absolute atomic E-state index is 0.188. The van der Waals surface area contributed by atoms with Crippen LogP contribution in [0.1, 0.15) is 49.6 Å². The average Bonchev–Trinajstić information content (AvgIpc) is 3.55. The molecular formula is C23H25FN8O. The number of nitrogens with one attached hydrogen (secondary N) is 3. The zero-order chi connectivity index (χ0) is 22.9. The SMILES string of the molecule is CC(C)c1cc(Nc2nc(N3CCCC3C(=O)Nc3ccc(F)nc3)nc3c2C=CC3)n[nH]1. The fraction of sp³-hybridized carbons (Fsp3) is 0.348. The van der Waals surface area contributed by atoms with Crippen LogP contribution in [0, 0.1) is 5.95 Å². The number of carbonyl (C=O) groups excluding carboxylic acids is 1. The van der Waals surface area contributed by atoms with Gasteiger partial charge in [0.2, 0.25) is 17.8 Å². The van der Waals surface area contributed by atoms with E-state index in [0.717, 1.165) is 23.4 Å². The van der Waals surface area contributed by atoms with Crippen molar-refractivity contribution in [3.8, 4) is 0 Å². The minimum atomic E-state index is -0.590. The van der Waals surface area contributed by atoms with Gasteiger partial charge in [0, 0.05) is 30.3 Å². The lowest BCUT2D eigenvalue weighted by molar-refractivity contribution is -0.117. The molecule has 1 atom stereocenters. The Morgan fingerprint density at radius 3 is 2.94 bits per heavy atom. The molecule has 4 heterocycles. The number of nitrogens with zero attached hydrogens (tertiary/aromatic N) is 5. The van der Waals surface area contributed by atoms with E-state index in [1.807, 2.05) is 23.1 Å². The minimum Gasteiger partial charge on any atom is -0.329 e. The molecular weight excluding hydrogens is 423 g/mol. The van der Waals surface area contributed by atoms with Gasteiger partial charge >= 0.3 is 0 Å². The van der Waals surface area contributed by atoms with Crippen molar-refractivity contribution in [1.29, 1.82) is 0 Å². The first-order valence-electron chi connectivity index (χ1n) is 11.1. The van der Waals surface area contributed by atoms with E-state index in [-0.39, 0.29) is 5.91 Å². The molecule has 3 N–H and O–H groups in total. The fourth-order valence-corrected chi connectivity index (χ4v) is 4.12. The first-order valence-corrected chi connectivity index (χ1v) is 11.1. The average molecular weight is 449 g/mol. The normalized spacial score (nSPS) is 17.0. The van der Waals surface area contributed by atoms with E-state index < -0.39 is 12.0 Å². The van der Waals surface area contributed by atoms with E-state index in [4.69, 9.17) is 9.97 Å². The Morgan fingerprint density at radius 2 is 2.18 bits per heavy atom. The first kappa shape index (κ1) is 21.0. The maximum atomic E-state index is 13.1. The van der Waals surface area contributed by atoms with Crippen LogP contribution in [-0.2, 0) is 11.2 Å². The third-order valence-electron chi connectivity index (χ3n) is 5.88. The van der Waals surface area contributed by atoms with Gasteiger partial charge in [0.1, 0.15) is 11.9 Å². The monoisotopic (exact) mass is 448 g/mol. The predicted molar refractivity (Wildman–Crippen MR) is 124 cm³/mol. The number of hydrogen-bond acceptors (Lipinski definition) is 7. The molecule has 9 nitrogen and oxygen atoms in total.